The van der Waals surface area contributed by atoms with Gasteiger partial charge in [-0.2, -0.15) is 0 Å². The summed E-state index contributed by atoms with van der Waals surface area (Å²) >= 11 is 0. The summed E-state index contributed by atoms with van der Waals surface area (Å²) in [5, 5.41) is 3.22. The predicted molar refractivity (Wildman–Crippen MR) is 79.0 cm³/mol. The number of hydrogen-bond donors (Lipinski definition) is 1. The minimum atomic E-state index is -0.241. The number of carbonyl (C=O) groups excluding carboxylic acids is 1. The Morgan fingerprint density at radius 2 is 2.00 bits per heavy atom. The van der Waals surface area contributed by atoms with E-state index in [0.717, 1.165) is 6.54 Å². The molecule has 1 unspecified atom stereocenters. The lowest BCUT2D eigenvalue weighted by molar-refractivity contribution is -0.146. The Kier molecular flexibility index (Phi) is 6.66. The summed E-state index contributed by atoms with van der Waals surface area (Å²) in [5.74, 6) is -0.179. The number of ether oxygens (including phenoxy) is 3. The Morgan fingerprint density at radius 3 is 2.81 bits per heavy atom. The average Bonchev–Trinajstić information content (AvgIpc) is 2.53. The van der Waals surface area contributed by atoms with Crippen molar-refractivity contribution >= 4 is 5.97 Å². The van der Waals surface area contributed by atoms with E-state index in [0.29, 0.717) is 39.3 Å². The first-order chi connectivity index (χ1) is 10.3. The molecule has 21 heavy (non-hydrogen) atoms. The first kappa shape index (κ1) is 15.9. The average molecular weight is 293 g/mol. The second kappa shape index (κ2) is 8.77. The van der Waals surface area contributed by atoms with Gasteiger partial charge in [-0.3, -0.25) is 4.79 Å². The zero-order valence-corrected chi connectivity index (χ0v) is 12.5. The van der Waals surface area contributed by atoms with Gasteiger partial charge in [-0.25, -0.2) is 0 Å². The first-order valence-electron chi connectivity index (χ1n) is 7.34. The largest absolute Gasteiger partial charge is 0.464 e. The second-order valence-electron chi connectivity index (χ2n) is 5.03. The molecule has 0 aliphatic carbocycles. The predicted octanol–water partition coefficient (Wildman–Crippen LogP) is 1.30. The van der Waals surface area contributed by atoms with E-state index in [1.54, 1.807) is 7.11 Å². The van der Waals surface area contributed by atoms with Gasteiger partial charge in [0.1, 0.15) is 6.04 Å². The SMILES string of the molecule is COCCOCCCOC(=O)C1Cc2ccccc2CN1. The minimum absolute atomic E-state index is 0.179. The van der Waals surface area contributed by atoms with Crippen molar-refractivity contribution in [2.45, 2.75) is 25.4 Å². The maximum atomic E-state index is 12.0. The van der Waals surface area contributed by atoms with Crippen molar-refractivity contribution in [2.24, 2.45) is 0 Å². The summed E-state index contributed by atoms with van der Waals surface area (Å²) in [5.41, 5.74) is 2.48. The lowest BCUT2D eigenvalue weighted by Gasteiger charge is -2.24. The number of fused-ring (bicyclic) bond motifs is 1. The van der Waals surface area contributed by atoms with Crippen LogP contribution in [0.3, 0.4) is 0 Å². The standard InChI is InChI=1S/C16H23NO4/c1-19-9-10-20-7-4-8-21-16(18)15-11-13-5-2-3-6-14(13)12-17-15/h2-3,5-6,15,17H,4,7-12H2,1H3. The second-order valence-corrected chi connectivity index (χ2v) is 5.03. The summed E-state index contributed by atoms with van der Waals surface area (Å²) in [4.78, 5) is 12.0. The quantitative estimate of drug-likeness (QED) is 0.578. The van der Waals surface area contributed by atoms with Crippen LogP contribution in [0.5, 0.6) is 0 Å². The molecule has 0 aromatic heterocycles. The lowest BCUT2D eigenvalue weighted by atomic mass is 9.96. The molecule has 0 fully saturated rings. The molecule has 1 atom stereocenters. The van der Waals surface area contributed by atoms with E-state index in [1.807, 2.05) is 12.1 Å². The zero-order chi connectivity index (χ0) is 14.9. The van der Waals surface area contributed by atoms with Crippen LogP contribution in [0.1, 0.15) is 17.5 Å². The van der Waals surface area contributed by atoms with E-state index in [4.69, 9.17) is 14.2 Å². The van der Waals surface area contributed by atoms with Crippen molar-refractivity contribution < 1.29 is 19.0 Å². The van der Waals surface area contributed by atoms with Crippen LogP contribution in [0.2, 0.25) is 0 Å². The third-order valence-electron chi connectivity index (χ3n) is 3.47. The molecule has 0 spiro atoms. The van der Waals surface area contributed by atoms with E-state index < -0.39 is 0 Å². The Morgan fingerprint density at radius 1 is 1.19 bits per heavy atom. The number of benzene rings is 1. The van der Waals surface area contributed by atoms with Gasteiger partial charge in [0.2, 0.25) is 0 Å². The molecule has 0 saturated carbocycles. The van der Waals surface area contributed by atoms with Crippen LogP contribution in [-0.2, 0) is 32.0 Å². The van der Waals surface area contributed by atoms with Gasteiger partial charge >= 0.3 is 5.97 Å². The molecular weight excluding hydrogens is 270 g/mol. The maximum absolute atomic E-state index is 12.0. The van der Waals surface area contributed by atoms with Crippen molar-refractivity contribution in [1.29, 1.82) is 0 Å². The molecule has 0 amide bonds. The summed E-state index contributed by atoms with van der Waals surface area (Å²) in [6.45, 7) is 2.86. The lowest BCUT2D eigenvalue weighted by Crippen LogP contribution is -2.42. The minimum Gasteiger partial charge on any atom is -0.464 e. The summed E-state index contributed by atoms with van der Waals surface area (Å²) < 4.78 is 15.5. The highest BCUT2D eigenvalue weighted by atomic mass is 16.5. The van der Waals surface area contributed by atoms with Crippen LogP contribution >= 0.6 is 0 Å². The molecule has 0 bridgehead atoms. The third-order valence-corrected chi connectivity index (χ3v) is 3.47. The van der Waals surface area contributed by atoms with Gasteiger partial charge in [0.05, 0.1) is 19.8 Å². The number of carbonyl (C=O) groups is 1. The number of nitrogens with one attached hydrogen (secondary N) is 1. The number of methoxy groups -OCH3 is 1. The van der Waals surface area contributed by atoms with Gasteiger partial charge in [0, 0.05) is 26.7 Å². The molecule has 1 heterocycles. The highest BCUT2D eigenvalue weighted by Gasteiger charge is 2.24. The Labute approximate surface area is 125 Å². The number of rotatable bonds is 8. The molecule has 1 aromatic carbocycles. The third kappa shape index (κ3) is 5.12. The fourth-order valence-electron chi connectivity index (χ4n) is 2.30. The monoisotopic (exact) mass is 293 g/mol. The molecule has 5 heteroatoms. The molecule has 116 valence electrons. The Balaban J connectivity index is 1.64. The number of esters is 1. The summed E-state index contributed by atoms with van der Waals surface area (Å²) in [6.07, 6.45) is 1.40. The van der Waals surface area contributed by atoms with Gasteiger partial charge < -0.3 is 19.5 Å². The molecule has 1 N–H and O–H groups in total. The highest BCUT2D eigenvalue weighted by Crippen LogP contribution is 2.16. The van der Waals surface area contributed by atoms with Gasteiger partial charge in [0.15, 0.2) is 0 Å². The van der Waals surface area contributed by atoms with E-state index in [9.17, 15) is 4.79 Å². The van der Waals surface area contributed by atoms with Crippen molar-refractivity contribution in [1.82, 2.24) is 5.32 Å². The molecule has 1 aromatic rings. The first-order valence-corrected chi connectivity index (χ1v) is 7.34. The molecule has 2 rings (SSSR count). The topological polar surface area (TPSA) is 56.8 Å². The van der Waals surface area contributed by atoms with Crippen LogP contribution in [0.15, 0.2) is 24.3 Å². The van der Waals surface area contributed by atoms with Crippen LogP contribution in [0.4, 0.5) is 0 Å². The summed E-state index contributed by atoms with van der Waals surface area (Å²) in [6, 6.07) is 7.93. The van der Waals surface area contributed by atoms with Crippen molar-refractivity contribution in [3.8, 4) is 0 Å². The molecule has 1 aliphatic heterocycles. The van der Waals surface area contributed by atoms with Gasteiger partial charge in [-0.1, -0.05) is 24.3 Å². The number of hydrogen-bond acceptors (Lipinski definition) is 5. The Hall–Kier alpha value is -1.43. The fraction of sp³-hybridized carbons (Fsp3) is 0.562. The van der Waals surface area contributed by atoms with Crippen molar-refractivity contribution in [2.75, 3.05) is 33.5 Å². The summed E-state index contributed by atoms with van der Waals surface area (Å²) in [7, 11) is 1.64. The van der Waals surface area contributed by atoms with E-state index in [2.05, 4.69) is 17.4 Å². The molecule has 0 saturated heterocycles. The molecule has 1 aliphatic rings. The van der Waals surface area contributed by atoms with Crippen LogP contribution in [-0.4, -0.2) is 45.5 Å². The molecule has 5 nitrogen and oxygen atoms in total. The van der Waals surface area contributed by atoms with E-state index >= 15 is 0 Å². The highest BCUT2D eigenvalue weighted by molar-refractivity contribution is 5.76. The Bertz CT molecular complexity index is 450. The van der Waals surface area contributed by atoms with Crippen molar-refractivity contribution in [3.05, 3.63) is 35.4 Å². The van der Waals surface area contributed by atoms with E-state index in [1.165, 1.54) is 11.1 Å². The van der Waals surface area contributed by atoms with Gasteiger partial charge in [0.25, 0.3) is 0 Å². The fourth-order valence-corrected chi connectivity index (χ4v) is 2.30. The van der Waals surface area contributed by atoms with Crippen LogP contribution < -0.4 is 5.32 Å². The zero-order valence-electron chi connectivity index (χ0n) is 12.5. The smallest absolute Gasteiger partial charge is 0.323 e. The van der Waals surface area contributed by atoms with Gasteiger partial charge in [-0.15, -0.1) is 0 Å². The van der Waals surface area contributed by atoms with Crippen LogP contribution in [0, 0.1) is 0 Å². The van der Waals surface area contributed by atoms with E-state index in [-0.39, 0.29) is 12.0 Å². The van der Waals surface area contributed by atoms with Gasteiger partial charge in [-0.05, 0) is 17.5 Å². The molecular formula is C16H23NO4. The molecule has 0 radical (unpaired) electrons. The maximum Gasteiger partial charge on any atom is 0.323 e. The normalized spacial score (nSPS) is 17.3. The van der Waals surface area contributed by atoms with Crippen molar-refractivity contribution in [3.63, 3.8) is 0 Å². The van der Waals surface area contributed by atoms with Crippen LogP contribution in [0.25, 0.3) is 0 Å².